The molecule has 0 radical (unpaired) electrons. The van der Waals surface area contributed by atoms with Gasteiger partial charge >= 0.3 is 0 Å². The van der Waals surface area contributed by atoms with Crippen LogP contribution in [0.2, 0.25) is 10.0 Å². The number of hydrogen-bond acceptors (Lipinski definition) is 4. The summed E-state index contributed by atoms with van der Waals surface area (Å²) in [6, 6.07) is 5.11. The fourth-order valence-corrected chi connectivity index (χ4v) is 2.46. The maximum absolute atomic E-state index is 11.7. The number of halogens is 2. The standard InChI is InChI=1S/C14H18Cl2N2O3/c15-10-2-1-3-12(14(10)16)21-5-4-13(20)18-7-9-6-17-8-11(9)19/h1-3,9,11,17,19H,4-8H2,(H,18,20). The molecule has 7 heteroatoms. The minimum absolute atomic E-state index is 0.0669. The van der Waals surface area contributed by atoms with Gasteiger partial charge in [-0.05, 0) is 12.1 Å². The number of aliphatic hydroxyl groups excluding tert-OH is 1. The van der Waals surface area contributed by atoms with E-state index in [1.807, 2.05) is 0 Å². The quantitative estimate of drug-likeness (QED) is 0.737. The number of ether oxygens (including phenoxy) is 1. The molecular formula is C14H18Cl2N2O3. The zero-order valence-corrected chi connectivity index (χ0v) is 13.0. The van der Waals surface area contributed by atoms with Crippen molar-refractivity contribution in [1.82, 2.24) is 10.6 Å². The molecule has 0 aliphatic carbocycles. The van der Waals surface area contributed by atoms with Crippen LogP contribution < -0.4 is 15.4 Å². The first-order valence-electron chi connectivity index (χ1n) is 6.80. The topological polar surface area (TPSA) is 70.6 Å². The number of aliphatic hydroxyl groups is 1. The normalized spacial score (nSPS) is 21.3. The van der Waals surface area contributed by atoms with Gasteiger partial charge in [0.05, 0.1) is 24.2 Å². The molecule has 21 heavy (non-hydrogen) atoms. The Morgan fingerprint density at radius 2 is 2.24 bits per heavy atom. The van der Waals surface area contributed by atoms with E-state index in [1.165, 1.54) is 0 Å². The van der Waals surface area contributed by atoms with Crippen LogP contribution in [0.1, 0.15) is 6.42 Å². The van der Waals surface area contributed by atoms with Crippen molar-refractivity contribution in [1.29, 1.82) is 0 Å². The van der Waals surface area contributed by atoms with Crippen molar-refractivity contribution in [3.05, 3.63) is 28.2 Å². The summed E-state index contributed by atoms with van der Waals surface area (Å²) < 4.78 is 5.44. The van der Waals surface area contributed by atoms with Crippen LogP contribution in [0.4, 0.5) is 0 Å². The highest BCUT2D eigenvalue weighted by atomic mass is 35.5. The molecule has 1 heterocycles. The summed E-state index contributed by atoms with van der Waals surface area (Å²) in [5, 5.41) is 16.2. The summed E-state index contributed by atoms with van der Waals surface area (Å²) in [6.45, 7) is 1.98. The Morgan fingerprint density at radius 1 is 1.43 bits per heavy atom. The Morgan fingerprint density at radius 3 is 2.95 bits per heavy atom. The van der Waals surface area contributed by atoms with Crippen molar-refractivity contribution in [2.75, 3.05) is 26.2 Å². The molecule has 1 fully saturated rings. The van der Waals surface area contributed by atoms with E-state index in [9.17, 15) is 9.90 Å². The van der Waals surface area contributed by atoms with Gasteiger partial charge in [-0.1, -0.05) is 29.3 Å². The lowest BCUT2D eigenvalue weighted by molar-refractivity contribution is -0.121. The van der Waals surface area contributed by atoms with Gasteiger partial charge in [-0.2, -0.15) is 0 Å². The highest BCUT2D eigenvalue weighted by molar-refractivity contribution is 6.42. The van der Waals surface area contributed by atoms with Gasteiger partial charge in [-0.3, -0.25) is 4.79 Å². The van der Waals surface area contributed by atoms with Crippen molar-refractivity contribution in [2.45, 2.75) is 12.5 Å². The number of carbonyl (C=O) groups excluding carboxylic acids is 1. The summed E-state index contributed by atoms with van der Waals surface area (Å²) in [6.07, 6.45) is -0.175. The lowest BCUT2D eigenvalue weighted by atomic mass is 10.1. The molecule has 1 aromatic carbocycles. The van der Waals surface area contributed by atoms with Crippen LogP contribution in [0.15, 0.2) is 18.2 Å². The molecule has 116 valence electrons. The molecule has 1 aliphatic heterocycles. The fraction of sp³-hybridized carbons (Fsp3) is 0.500. The second-order valence-corrected chi connectivity index (χ2v) is 5.73. The Balaban J connectivity index is 1.68. The van der Waals surface area contributed by atoms with Crippen molar-refractivity contribution in [3.63, 3.8) is 0 Å². The van der Waals surface area contributed by atoms with Gasteiger partial charge < -0.3 is 20.5 Å². The smallest absolute Gasteiger partial charge is 0.223 e. The molecule has 1 aliphatic rings. The Kier molecular flexibility index (Phi) is 6.11. The van der Waals surface area contributed by atoms with E-state index in [0.717, 1.165) is 6.54 Å². The second kappa shape index (κ2) is 7.84. The third-order valence-electron chi connectivity index (χ3n) is 3.37. The van der Waals surface area contributed by atoms with Gasteiger partial charge in [0.1, 0.15) is 10.8 Å². The molecule has 1 amide bonds. The fourth-order valence-electron chi connectivity index (χ4n) is 2.11. The van der Waals surface area contributed by atoms with Crippen molar-refractivity contribution >= 4 is 29.1 Å². The van der Waals surface area contributed by atoms with Crippen molar-refractivity contribution in [2.24, 2.45) is 5.92 Å². The minimum atomic E-state index is -0.396. The first-order valence-corrected chi connectivity index (χ1v) is 7.56. The van der Waals surface area contributed by atoms with E-state index in [1.54, 1.807) is 18.2 Å². The number of amides is 1. The lowest BCUT2D eigenvalue weighted by Gasteiger charge is -2.14. The van der Waals surface area contributed by atoms with Crippen LogP contribution >= 0.6 is 23.2 Å². The number of nitrogens with one attached hydrogen (secondary N) is 2. The number of β-amino-alcohol motifs (C(OH)–C–C–N with tert-alkyl or cyclic N) is 1. The molecule has 2 rings (SSSR count). The molecule has 1 aromatic rings. The second-order valence-electron chi connectivity index (χ2n) is 4.94. The minimum Gasteiger partial charge on any atom is -0.491 e. The molecule has 1 saturated heterocycles. The van der Waals surface area contributed by atoms with E-state index in [4.69, 9.17) is 27.9 Å². The maximum atomic E-state index is 11.7. The molecule has 2 unspecified atom stereocenters. The third kappa shape index (κ3) is 4.74. The largest absolute Gasteiger partial charge is 0.491 e. The van der Waals surface area contributed by atoms with Crippen LogP contribution in [0, 0.1) is 5.92 Å². The molecule has 5 nitrogen and oxygen atoms in total. The Hall–Kier alpha value is -1.01. The summed E-state index contributed by atoms with van der Waals surface area (Å²) in [5.41, 5.74) is 0. The van der Waals surface area contributed by atoms with Gasteiger partial charge in [0, 0.05) is 25.6 Å². The number of hydrogen-bond donors (Lipinski definition) is 3. The van der Waals surface area contributed by atoms with Gasteiger partial charge in [0.25, 0.3) is 0 Å². The predicted molar refractivity (Wildman–Crippen MR) is 82.0 cm³/mol. The molecule has 3 N–H and O–H groups in total. The number of carbonyl (C=O) groups is 1. The van der Waals surface area contributed by atoms with Crippen LogP contribution in [-0.2, 0) is 4.79 Å². The van der Waals surface area contributed by atoms with Gasteiger partial charge in [0.2, 0.25) is 5.91 Å². The zero-order valence-electron chi connectivity index (χ0n) is 11.4. The van der Waals surface area contributed by atoms with Gasteiger partial charge in [0.15, 0.2) is 0 Å². The molecule has 0 aromatic heterocycles. The van der Waals surface area contributed by atoms with E-state index in [2.05, 4.69) is 10.6 Å². The average Bonchev–Trinajstić information content (AvgIpc) is 2.87. The monoisotopic (exact) mass is 332 g/mol. The zero-order chi connectivity index (χ0) is 15.2. The van der Waals surface area contributed by atoms with Crippen molar-refractivity contribution < 1.29 is 14.6 Å². The Labute approximate surface area is 133 Å². The first kappa shape index (κ1) is 16.4. The van der Waals surface area contributed by atoms with E-state index in [0.29, 0.717) is 28.9 Å². The van der Waals surface area contributed by atoms with Crippen LogP contribution in [-0.4, -0.2) is 43.4 Å². The van der Waals surface area contributed by atoms with Crippen LogP contribution in [0.25, 0.3) is 0 Å². The van der Waals surface area contributed by atoms with Crippen molar-refractivity contribution in [3.8, 4) is 5.75 Å². The third-order valence-corrected chi connectivity index (χ3v) is 4.17. The molecule has 0 bridgehead atoms. The highest BCUT2D eigenvalue weighted by Crippen LogP contribution is 2.31. The molecule has 0 spiro atoms. The van der Waals surface area contributed by atoms with E-state index in [-0.39, 0.29) is 24.9 Å². The number of rotatable bonds is 6. The number of benzene rings is 1. The average molecular weight is 333 g/mol. The SMILES string of the molecule is O=C(CCOc1cccc(Cl)c1Cl)NCC1CNCC1O. The highest BCUT2D eigenvalue weighted by Gasteiger charge is 2.24. The van der Waals surface area contributed by atoms with E-state index >= 15 is 0 Å². The summed E-state index contributed by atoms with van der Waals surface area (Å²) in [4.78, 5) is 11.7. The van der Waals surface area contributed by atoms with Crippen LogP contribution in [0.5, 0.6) is 5.75 Å². The lowest BCUT2D eigenvalue weighted by Crippen LogP contribution is -2.34. The van der Waals surface area contributed by atoms with Gasteiger partial charge in [-0.15, -0.1) is 0 Å². The summed E-state index contributed by atoms with van der Waals surface area (Å²) in [7, 11) is 0. The van der Waals surface area contributed by atoms with Gasteiger partial charge in [-0.25, -0.2) is 0 Å². The molecule has 2 atom stereocenters. The van der Waals surface area contributed by atoms with E-state index < -0.39 is 6.10 Å². The predicted octanol–water partition coefficient (Wildman–Crippen LogP) is 1.46. The first-order chi connectivity index (χ1) is 10.1. The van der Waals surface area contributed by atoms with Crippen LogP contribution in [0.3, 0.4) is 0 Å². The Bertz CT molecular complexity index is 499. The molecule has 0 saturated carbocycles. The summed E-state index contributed by atoms with van der Waals surface area (Å²) in [5.74, 6) is 0.414. The maximum Gasteiger partial charge on any atom is 0.223 e. The summed E-state index contributed by atoms with van der Waals surface area (Å²) >= 11 is 11.9. The molecular weight excluding hydrogens is 315 g/mol.